The molecule has 0 spiro atoms. The molecule has 2 amide bonds. The van der Waals surface area contributed by atoms with Crippen LogP contribution in [0.2, 0.25) is 0 Å². The molecule has 5 heteroatoms. The first-order valence-electron chi connectivity index (χ1n) is 8.70. The number of primary amides is 1. The van der Waals surface area contributed by atoms with Crippen LogP contribution in [-0.2, 0) is 9.59 Å². The number of amides is 2. The van der Waals surface area contributed by atoms with E-state index in [4.69, 9.17) is 5.73 Å². The topological polar surface area (TPSA) is 76.6 Å². The number of carbonyl (C=O) groups is 2. The van der Waals surface area contributed by atoms with Crippen molar-refractivity contribution in [3.05, 3.63) is 54.6 Å². The van der Waals surface area contributed by atoms with Crippen LogP contribution in [0.15, 0.2) is 54.6 Å². The van der Waals surface area contributed by atoms with Gasteiger partial charge in [-0.2, -0.15) is 0 Å². The Morgan fingerprint density at radius 1 is 1.08 bits per heavy atom. The summed E-state index contributed by atoms with van der Waals surface area (Å²) in [6, 6.07) is 17.8. The van der Waals surface area contributed by atoms with Crippen LogP contribution >= 0.6 is 0 Å². The zero-order valence-electron chi connectivity index (χ0n) is 14.2. The van der Waals surface area contributed by atoms with E-state index in [1.165, 1.54) is 0 Å². The van der Waals surface area contributed by atoms with Gasteiger partial charge in [0.1, 0.15) is 0 Å². The Bertz CT molecular complexity index is 746. The number of anilines is 1. The Morgan fingerprint density at radius 2 is 1.80 bits per heavy atom. The first-order chi connectivity index (χ1) is 12.1. The number of hydrogen-bond donors (Lipinski definition) is 3. The van der Waals surface area contributed by atoms with E-state index in [0.717, 1.165) is 41.1 Å². The molecule has 0 aromatic heterocycles. The van der Waals surface area contributed by atoms with Crippen molar-refractivity contribution in [3.63, 3.8) is 0 Å². The van der Waals surface area contributed by atoms with Crippen molar-refractivity contribution in [3.8, 4) is 11.1 Å². The standard InChI is InChI=1S/C20H23N3O2/c21-20(25)16-9-6-12-23(13-16)14-19(24)22-18-11-5-4-10-17(18)15-7-2-1-3-8-15/h1-5,7-8,10-11,16H,6,9,12-14H2,(H2,21,25)(H,22,24)/p+1/t16-/m1/s1. The Labute approximate surface area is 147 Å². The van der Waals surface area contributed by atoms with Crippen molar-refractivity contribution in [2.75, 3.05) is 25.0 Å². The molecule has 0 bridgehead atoms. The summed E-state index contributed by atoms with van der Waals surface area (Å²) in [5.41, 5.74) is 8.29. The number of nitrogens with two attached hydrogens (primary N) is 1. The molecule has 0 radical (unpaired) electrons. The summed E-state index contributed by atoms with van der Waals surface area (Å²) in [7, 11) is 0. The van der Waals surface area contributed by atoms with Gasteiger partial charge in [-0.3, -0.25) is 9.59 Å². The van der Waals surface area contributed by atoms with Gasteiger partial charge in [0, 0.05) is 11.3 Å². The predicted molar refractivity (Wildman–Crippen MR) is 98.0 cm³/mol. The Hall–Kier alpha value is -2.66. The number of carbonyl (C=O) groups excluding carboxylic acids is 2. The number of benzene rings is 2. The summed E-state index contributed by atoms with van der Waals surface area (Å²) < 4.78 is 0. The zero-order chi connectivity index (χ0) is 17.6. The van der Waals surface area contributed by atoms with Gasteiger partial charge in [-0.25, -0.2) is 0 Å². The van der Waals surface area contributed by atoms with Crippen LogP contribution in [0.4, 0.5) is 5.69 Å². The average Bonchev–Trinajstić information content (AvgIpc) is 2.63. The molecule has 2 atom stereocenters. The van der Waals surface area contributed by atoms with Crippen LogP contribution in [0.3, 0.4) is 0 Å². The molecule has 0 aliphatic carbocycles. The monoisotopic (exact) mass is 338 g/mol. The smallest absolute Gasteiger partial charge is 0.279 e. The van der Waals surface area contributed by atoms with Crippen LogP contribution in [0.25, 0.3) is 11.1 Å². The molecule has 3 rings (SSSR count). The molecule has 1 aliphatic heterocycles. The number of piperidine rings is 1. The maximum absolute atomic E-state index is 12.5. The minimum absolute atomic E-state index is 0.0384. The van der Waals surface area contributed by atoms with Crippen LogP contribution in [-0.4, -0.2) is 31.4 Å². The molecule has 1 aliphatic rings. The molecule has 1 saturated heterocycles. The summed E-state index contributed by atoms with van der Waals surface area (Å²) in [4.78, 5) is 25.0. The number of nitrogens with one attached hydrogen (secondary N) is 2. The molecule has 130 valence electrons. The molecule has 0 saturated carbocycles. The van der Waals surface area contributed by atoms with Gasteiger partial charge < -0.3 is 16.0 Å². The lowest BCUT2D eigenvalue weighted by Gasteiger charge is -2.27. The number of rotatable bonds is 5. The van der Waals surface area contributed by atoms with Crippen molar-refractivity contribution in [1.29, 1.82) is 0 Å². The summed E-state index contributed by atoms with van der Waals surface area (Å²) in [6.07, 6.45) is 1.76. The van der Waals surface area contributed by atoms with Crippen molar-refractivity contribution in [2.24, 2.45) is 11.7 Å². The normalized spacial score (nSPS) is 20.0. The van der Waals surface area contributed by atoms with E-state index in [1.54, 1.807) is 0 Å². The zero-order valence-corrected chi connectivity index (χ0v) is 14.2. The van der Waals surface area contributed by atoms with Crippen molar-refractivity contribution < 1.29 is 14.5 Å². The molecule has 1 unspecified atom stereocenters. The lowest BCUT2D eigenvalue weighted by Crippen LogP contribution is -3.14. The summed E-state index contributed by atoms with van der Waals surface area (Å²) in [5, 5.41) is 3.02. The fourth-order valence-electron chi connectivity index (χ4n) is 3.44. The lowest BCUT2D eigenvalue weighted by molar-refractivity contribution is -0.899. The van der Waals surface area contributed by atoms with E-state index in [2.05, 4.69) is 5.32 Å². The van der Waals surface area contributed by atoms with Crippen molar-refractivity contribution in [1.82, 2.24) is 0 Å². The predicted octanol–water partition coefficient (Wildman–Crippen LogP) is 1.07. The number of likely N-dealkylation sites (tertiary alicyclic amines) is 1. The van der Waals surface area contributed by atoms with Crippen LogP contribution in [0.5, 0.6) is 0 Å². The number of hydrogen-bond acceptors (Lipinski definition) is 2. The molecule has 25 heavy (non-hydrogen) atoms. The van der Waals surface area contributed by atoms with Gasteiger partial charge in [0.2, 0.25) is 5.91 Å². The van der Waals surface area contributed by atoms with E-state index >= 15 is 0 Å². The summed E-state index contributed by atoms with van der Waals surface area (Å²) >= 11 is 0. The Kier molecular flexibility index (Phi) is 5.46. The number of para-hydroxylation sites is 1. The summed E-state index contributed by atoms with van der Waals surface area (Å²) in [5.74, 6) is -0.413. The highest BCUT2D eigenvalue weighted by Gasteiger charge is 2.28. The molecule has 5 nitrogen and oxygen atoms in total. The second-order valence-electron chi connectivity index (χ2n) is 6.58. The minimum Gasteiger partial charge on any atom is -0.369 e. The lowest BCUT2D eigenvalue weighted by atomic mass is 9.97. The molecule has 4 N–H and O–H groups in total. The van der Waals surface area contributed by atoms with Crippen LogP contribution < -0.4 is 16.0 Å². The van der Waals surface area contributed by atoms with Gasteiger partial charge in [-0.15, -0.1) is 0 Å². The molecule has 1 fully saturated rings. The molecular formula is C20H24N3O2+. The van der Waals surface area contributed by atoms with Crippen LogP contribution in [0.1, 0.15) is 12.8 Å². The minimum atomic E-state index is -0.257. The molecule has 2 aromatic rings. The van der Waals surface area contributed by atoms with E-state index in [-0.39, 0.29) is 17.7 Å². The fraction of sp³-hybridized carbons (Fsp3) is 0.300. The van der Waals surface area contributed by atoms with E-state index in [1.807, 2.05) is 54.6 Å². The Balaban J connectivity index is 1.67. The highest BCUT2D eigenvalue weighted by Crippen LogP contribution is 2.27. The first kappa shape index (κ1) is 17.2. The maximum atomic E-state index is 12.5. The third-order valence-electron chi connectivity index (χ3n) is 4.72. The number of quaternary nitrogens is 1. The van der Waals surface area contributed by atoms with Crippen LogP contribution in [0, 0.1) is 5.92 Å². The highest BCUT2D eigenvalue weighted by molar-refractivity contribution is 5.96. The average molecular weight is 338 g/mol. The first-order valence-corrected chi connectivity index (χ1v) is 8.70. The van der Waals surface area contributed by atoms with Crippen molar-refractivity contribution in [2.45, 2.75) is 12.8 Å². The second kappa shape index (κ2) is 7.94. The highest BCUT2D eigenvalue weighted by atomic mass is 16.2. The van der Waals surface area contributed by atoms with E-state index in [0.29, 0.717) is 13.1 Å². The molecule has 1 heterocycles. The molecular weight excluding hydrogens is 314 g/mol. The van der Waals surface area contributed by atoms with E-state index in [9.17, 15) is 9.59 Å². The van der Waals surface area contributed by atoms with Gasteiger partial charge in [-0.1, -0.05) is 48.5 Å². The van der Waals surface area contributed by atoms with Gasteiger partial charge in [0.25, 0.3) is 5.91 Å². The van der Waals surface area contributed by atoms with Gasteiger partial charge in [0.05, 0.1) is 19.0 Å². The SMILES string of the molecule is NC(=O)[C@@H]1CCC[NH+](CC(=O)Nc2ccccc2-c2ccccc2)C1. The quantitative estimate of drug-likeness (QED) is 0.763. The third kappa shape index (κ3) is 4.45. The summed E-state index contributed by atoms with van der Waals surface area (Å²) in [6.45, 7) is 1.90. The van der Waals surface area contributed by atoms with Crippen molar-refractivity contribution >= 4 is 17.5 Å². The molecule has 2 aromatic carbocycles. The van der Waals surface area contributed by atoms with E-state index < -0.39 is 0 Å². The maximum Gasteiger partial charge on any atom is 0.279 e. The fourth-order valence-corrected chi connectivity index (χ4v) is 3.44. The second-order valence-corrected chi connectivity index (χ2v) is 6.58. The van der Waals surface area contributed by atoms with Gasteiger partial charge >= 0.3 is 0 Å². The third-order valence-corrected chi connectivity index (χ3v) is 4.72. The van der Waals surface area contributed by atoms with Gasteiger partial charge in [0.15, 0.2) is 6.54 Å². The van der Waals surface area contributed by atoms with Gasteiger partial charge in [-0.05, 0) is 24.5 Å². The Morgan fingerprint density at radius 3 is 2.56 bits per heavy atom. The largest absolute Gasteiger partial charge is 0.369 e.